The predicted molar refractivity (Wildman–Crippen MR) is 185 cm³/mol. The van der Waals surface area contributed by atoms with Crippen molar-refractivity contribution >= 4 is 23.6 Å². The van der Waals surface area contributed by atoms with Crippen LogP contribution in [0.1, 0.15) is 79.6 Å². The molecule has 0 spiro atoms. The summed E-state index contributed by atoms with van der Waals surface area (Å²) in [7, 11) is 0. The van der Waals surface area contributed by atoms with E-state index in [1.165, 1.54) is 4.90 Å². The lowest BCUT2D eigenvalue weighted by Gasteiger charge is -2.36. The highest BCUT2D eigenvalue weighted by Crippen LogP contribution is 2.40. The van der Waals surface area contributed by atoms with Crippen LogP contribution < -0.4 is 5.32 Å². The molecule has 3 N–H and O–H groups in total. The maximum absolute atomic E-state index is 12.4. The SMILES string of the molecule is O=C(O)CCCCCCC(=O)NCc1cccc(-c2cccc(C3OC(CSc4ccccc4)CC(c4ccc(CO)cc4)O3)c2)c1. The molecule has 0 aliphatic carbocycles. The highest BCUT2D eigenvalue weighted by Gasteiger charge is 2.32. The van der Waals surface area contributed by atoms with Gasteiger partial charge in [-0.2, -0.15) is 0 Å². The molecular weight excluding hydrogens is 610 g/mol. The molecule has 7 nitrogen and oxygen atoms in total. The van der Waals surface area contributed by atoms with Gasteiger partial charge in [-0.05, 0) is 64.9 Å². The van der Waals surface area contributed by atoms with Crippen molar-refractivity contribution in [3.63, 3.8) is 0 Å². The lowest BCUT2D eigenvalue weighted by Crippen LogP contribution is -2.31. The minimum Gasteiger partial charge on any atom is -0.481 e. The number of aliphatic hydroxyl groups is 1. The molecule has 1 heterocycles. The number of ether oxygens (including phenoxy) is 2. The van der Waals surface area contributed by atoms with E-state index in [0.29, 0.717) is 19.4 Å². The van der Waals surface area contributed by atoms with Crippen molar-refractivity contribution in [1.29, 1.82) is 0 Å². The van der Waals surface area contributed by atoms with Gasteiger partial charge in [-0.15, -0.1) is 11.8 Å². The van der Waals surface area contributed by atoms with Crippen molar-refractivity contribution < 1.29 is 29.3 Å². The zero-order valence-corrected chi connectivity index (χ0v) is 27.4. The average molecular weight is 654 g/mol. The molecule has 0 saturated carbocycles. The summed E-state index contributed by atoms with van der Waals surface area (Å²) in [5.74, 6) is 0.0282. The van der Waals surface area contributed by atoms with Gasteiger partial charge in [-0.25, -0.2) is 0 Å². The largest absolute Gasteiger partial charge is 0.481 e. The molecule has 47 heavy (non-hydrogen) atoms. The summed E-state index contributed by atoms with van der Waals surface area (Å²) in [4.78, 5) is 24.2. The number of hydrogen-bond acceptors (Lipinski definition) is 6. The van der Waals surface area contributed by atoms with Gasteiger partial charge in [-0.3, -0.25) is 9.59 Å². The molecular formula is C39H43NO6S. The zero-order valence-electron chi connectivity index (χ0n) is 26.6. The topological polar surface area (TPSA) is 105 Å². The third-order valence-electron chi connectivity index (χ3n) is 8.25. The van der Waals surface area contributed by atoms with E-state index in [9.17, 15) is 14.7 Å². The van der Waals surface area contributed by atoms with Crippen LogP contribution in [-0.4, -0.2) is 33.9 Å². The first kappa shape index (κ1) is 34.4. The fourth-order valence-electron chi connectivity index (χ4n) is 5.66. The highest BCUT2D eigenvalue weighted by atomic mass is 32.2. The maximum Gasteiger partial charge on any atom is 0.303 e. The van der Waals surface area contributed by atoms with E-state index in [1.54, 1.807) is 11.8 Å². The maximum atomic E-state index is 12.4. The second-order valence-electron chi connectivity index (χ2n) is 11.9. The van der Waals surface area contributed by atoms with E-state index in [2.05, 4.69) is 41.7 Å². The predicted octanol–water partition coefficient (Wildman–Crippen LogP) is 8.23. The summed E-state index contributed by atoms with van der Waals surface area (Å²) >= 11 is 1.78. The van der Waals surface area contributed by atoms with Crippen molar-refractivity contribution in [3.05, 3.63) is 125 Å². The Kier molecular flexibility index (Phi) is 13.0. The van der Waals surface area contributed by atoms with Gasteiger partial charge in [0.1, 0.15) is 0 Å². The summed E-state index contributed by atoms with van der Waals surface area (Å²) in [6.07, 6.45) is 3.71. The lowest BCUT2D eigenvalue weighted by molar-refractivity contribution is -0.245. The molecule has 1 amide bonds. The summed E-state index contributed by atoms with van der Waals surface area (Å²) in [6.45, 7) is 0.448. The van der Waals surface area contributed by atoms with Crippen LogP contribution in [0.2, 0.25) is 0 Å². The van der Waals surface area contributed by atoms with Crippen LogP contribution in [0, 0.1) is 0 Å². The van der Waals surface area contributed by atoms with Crippen LogP contribution in [0.25, 0.3) is 11.1 Å². The van der Waals surface area contributed by atoms with E-state index >= 15 is 0 Å². The Morgan fingerprint density at radius 3 is 2.21 bits per heavy atom. The Bertz CT molecular complexity index is 1580. The molecule has 8 heteroatoms. The molecule has 1 fully saturated rings. The Morgan fingerprint density at radius 1 is 0.745 bits per heavy atom. The molecule has 4 aromatic carbocycles. The number of carboxylic acid groups (broad SMARTS) is 1. The zero-order chi connectivity index (χ0) is 32.8. The Hall–Kier alpha value is -3.95. The van der Waals surface area contributed by atoms with Crippen LogP contribution in [0.4, 0.5) is 0 Å². The summed E-state index contributed by atoms with van der Waals surface area (Å²) in [5, 5.41) is 21.3. The number of rotatable bonds is 16. The molecule has 1 aliphatic rings. The van der Waals surface area contributed by atoms with E-state index in [4.69, 9.17) is 14.6 Å². The molecule has 4 aromatic rings. The van der Waals surface area contributed by atoms with Gasteiger partial charge in [-0.1, -0.05) is 91.7 Å². The smallest absolute Gasteiger partial charge is 0.303 e. The number of thioether (sulfide) groups is 1. The number of hydrogen-bond donors (Lipinski definition) is 3. The lowest BCUT2D eigenvalue weighted by atomic mass is 9.99. The first-order valence-corrected chi connectivity index (χ1v) is 17.3. The third kappa shape index (κ3) is 10.8. The molecule has 1 saturated heterocycles. The number of amides is 1. The second kappa shape index (κ2) is 17.8. The van der Waals surface area contributed by atoms with Crippen LogP contribution in [0.3, 0.4) is 0 Å². The van der Waals surface area contributed by atoms with Gasteiger partial charge in [0.05, 0.1) is 18.8 Å². The van der Waals surface area contributed by atoms with E-state index in [-0.39, 0.29) is 31.1 Å². The van der Waals surface area contributed by atoms with Gasteiger partial charge >= 0.3 is 5.97 Å². The van der Waals surface area contributed by atoms with E-state index in [0.717, 1.165) is 64.8 Å². The highest BCUT2D eigenvalue weighted by molar-refractivity contribution is 7.99. The van der Waals surface area contributed by atoms with Crippen molar-refractivity contribution in [2.24, 2.45) is 0 Å². The minimum absolute atomic E-state index is 0.00256. The van der Waals surface area contributed by atoms with Gasteiger partial charge in [0.25, 0.3) is 0 Å². The quantitative estimate of drug-likeness (QED) is 0.0827. The molecule has 3 atom stereocenters. The first-order valence-electron chi connectivity index (χ1n) is 16.3. The number of carboxylic acids is 1. The molecule has 246 valence electrons. The molecule has 3 unspecified atom stereocenters. The first-order chi connectivity index (χ1) is 23.0. The van der Waals surface area contributed by atoms with Gasteiger partial charge < -0.3 is 25.0 Å². The van der Waals surface area contributed by atoms with Crippen LogP contribution >= 0.6 is 11.8 Å². The van der Waals surface area contributed by atoms with Crippen molar-refractivity contribution in [3.8, 4) is 11.1 Å². The molecule has 0 aromatic heterocycles. The van der Waals surface area contributed by atoms with Crippen molar-refractivity contribution in [2.45, 2.75) is 81.5 Å². The number of carbonyl (C=O) groups is 2. The van der Waals surface area contributed by atoms with E-state index < -0.39 is 12.3 Å². The third-order valence-corrected chi connectivity index (χ3v) is 9.39. The molecule has 0 radical (unpaired) electrons. The number of unbranched alkanes of at least 4 members (excludes halogenated alkanes) is 3. The Balaban J connectivity index is 1.23. The summed E-state index contributed by atoms with van der Waals surface area (Å²) in [6, 6.07) is 34.7. The van der Waals surface area contributed by atoms with Gasteiger partial charge in [0, 0.05) is 42.0 Å². The molecule has 5 rings (SSSR count). The standard InChI is InChI=1S/C39H43NO6S/c41-26-28-18-20-30(21-19-28)36-24-34(27-47-35-14-4-3-5-15-35)45-39(46-36)33-13-9-12-32(23-33)31-11-8-10-29(22-31)25-40-37(42)16-6-1-2-7-17-38(43)44/h3-5,8-15,18-23,34,36,39,41H,1-2,6-7,16-17,24-27H2,(H,40,42)(H,43,44). The Labute approximate surface area is 281 Å². The fourth-order valence-corrected chi connectivity index (χ4v) is 6.60. The molecule has 0 bridgehead atoms. The number of nitrogens with one attached hydrogen (secondary N) is 1. The van der Waals surface area contributed by atoms with Crippen LogP contribution in [-0.2, 0) is 32.2 Å². The van der Waals surface area contributed by atoms with Crippen LogP contribution in [0.15, 0.2) is 108 Å². The summed E-state index contributed by atoms with van der Waals surface area (Å²) in [5.41, 5.74) is 5.96. The number of aliphatic carboxylic acids is 1. The van der Waals surface area contributed by atoms with E-state index in [1.807, 2.05) is 66.7 Å². The molecule has 1 aliphatic heterocycles. The van der Waals surface area contributed by atoms with Gasteiger partial charge in [0.15, 0.2) is 6.29 Å². The number of aliphatic hydroxyl groups excluding tert-OH is 1. The van der Waals surface area contributed by atoms with Gasteiger partial charge in [0.2, 0.25) is 5.91 Å². The fraction of sp³-hybridized carbons (Fsp3) is 0.333. The number of carbonyl (C=O) groups excluding carboxylic acids is 1. The average Bonchev–Trinajstić information content (AvgIpc) is 3.11. The number of benzene rings is 4. The monoisotopic (exact) mass is 653 g/mol. The minimum atomic E-state index is -0.773. The second-order valence-corrected chi connectivity index (χ2v) is 13.0. The normalized spacial score (nSPS) is 17.7. The van der Waals surface area contributed by atoms with Crippen molar-refractivity contribution in [2.75, 3.05) is 5.75 Å². The summed E-state index contributed by atoms with van der Waals surface area (Å²) < 4.78 is 13.2. The van der Waals surface area contributed by atoms with Crippen molar-refractivity contribution in [1.82, 2.24) is 5.32 Å². The van der Waals surface area contributed by atoms with Crippen LogP contribution in [0.5, 0.6) is 0 Å². The Morgan fingerprint density at radius 2 is 1.47 bits per heavy atom.